The number of aryl methyl sites for hydroxylation is 2. The van der Waals surface area contributed by atoms with Crippen molar-refractivity contribution < 1.29 is 0 Å². The summed E-state index contributed by atoms with van der Waals surface area (Å²) in [5, 5.41) is 1.16. The topological polar surface area (TPSA) is 82.8 Å². The lowest BCUT2D eigenvalue weighted by Crippen LogP contribution is -2.01. The first kappa shape index (κ1) is 15.2. The van der Waals surface area contributed by atoms with Gasteiger partial charge in [0.1, 0.15) is 0 Å². The van der Waals surface area contributed by atoms with Crippen molar-refractivity contribution >= 4 is 22.3 Å². The number of hydrogen-bond acceptors (Lipinski definition) is 4. The monoisotopic (exact) mass is 329 g/mol. The summed E-state index contributed by atoms with van der Waals surface area (Å²) in [6, 6.07) is 13.7. The Labute approximate surface area is 145 Å². The smallest absolute Gasteiger partial charge is 0.163 e. The van der Waals surface area contributed by atoms with Gasteiger partial charge in [0.2, 0.25) is 0 Å². The molecule has 0 atom stereocenters. The predicted molar refractivity (Wildman–Crippen MR) is 103 cm³/mol. The third kappa shape index (κ3) is 2.41. The van der Waals surface area contributed by atoms with Gasteiger partial charge in [0.15, 0.2) is 5.82 Å². The quantitative estimate of drug-likeness (QED) is 0.548. The summed E-state index contributed by atoms with van der Waals surface area (Å²) in [6.07, 6.45) is 3.92. The summed E-state index contributed by atoms with van der Waals surface area (Å²) < 4.78 is 2.11. The molecule has 4 aromatic rings. The molecule has 4 N–H and O–H groups in total. The molecule has 0 aliphatic heterocycles. The zero-order chi connectivity index (χ0) is 17.6. The molecule has 4 rings (SSSR count). The van der Waals surface area contributed by atoms with E-state index in [1.165, 1.54) is 0 Å². The van der Waals surface area contributed by atoms with Gasteiger partial charge < -0.3 is 16.0 Å². The number of aromatic nitrogens is 3. The Kier molecular flexibility index (Phi) is 3.42. The number of fused-ring (bicyclic) bond motifs is 1. The van der Waals surface area contributed by atoms with E-state index in [1.54, 1.807) is 0 Å². The Morgan fingerprint density at radius 1 is 0.960 bits per heavy atom. The second-order valence-electron chi connectivity index (χ2n) is 6.21. The SMILES string of the molecule is Cc1cnc(-c2c(N)cccc2N)nc1-c1cn(C)c2ccccc12. The van der Waals surface area contributed by atoms with Gasteiger partial charge in [-0.1, -0.05) is 24.3 Å². The molecular formula is C20H19N5. The molecule has 0 fully saturated rings. The van der Waals surface area contributed by atoms with Gasteiger partial charge >= 0.3 is 0 Å². The van der Waals surface area contributed by atoms with E-state index in [2.05, 4.69) is 27.9 Å². The standard InChI is InChI=1S/C20H19N5/c1-12-10-23-20(18-15(21)7-5-8-16(18)22)24-19(12)14-11-25(2)17-9-4-3-6-13(14)17/h3-11H,21-22H2,1-2H3. The lowest BCUT2D eigenvalue weighted by atomic mass is 10.1. The highest BCUT2D eigenvalue weighted by Gasteiger charge is 2.16. The second kappa shape index (κ2) is 5.63. The van der Waals surface area contributed by atoms with Crippen LogP contribution in [0.25, 0.3) is 33.5 Å². The van der Waals surface area contributed by atoms with E-state index in [0.29, 0.717) is 22.8 Å². The molecule has 0 aliphatic rings. The molecule has 2 aromatic carbocycles. The number of benzene rings is 2. The van der Waals surface area contributed by atoms with Crippen molar-refractivity contribution in [2.24, 2.45) is 7.05 Å². The number of nitrogen functional groups attached to an aromatic ring is 2. The van der Waals surface area contributed by atoms with E-state index in [4.69, 9.17) is 16.5 Å². The van der Waals surface area contributed by atoms with Gasteiger partial charge in [0.25, 0.3) is 0 Å². The first-order chi connectivity index (χ1) is 12.1. The van der Waals surface area contributed by atoms with Crippen LogP contribution in [0.15, 0.2) is 54.9 Å². The van der Waals surface area contributed by atoms with Gasteiger partial charge in [0.05, 0.1) is 11.3 Å². The molecule has 0 saturated carbocycles. The van der Waals surface area contributed by atoms with Gasteiger partial charge in [0, 0.05) is 47.3 Å². The molecule has 2 aromatic heterocycles. The highest BCUT2D eigenvalue weighted by atomic mass is 14.9. The fourth-order valence-electron chi connectivity index (χ4n) is 3.21. The average molecular weight is 329 g/mol. The van der Waals surface area contributed by atoms with Crippen LogP contribution in [0, 0.1) is 6.92 Å². The van der Waals surface area contributed by atoms with Crippen molar-refractivity contribution in [2.75, 3.05) is 11.5 Å². The first-order valence-electron chi connectivity index (χ1n) is 8.08. The molecule has 2 heterocycles. The number of anilines is 2. The van der Waals surface area contributed by atoms with Gasteiger partial charge in [-0.3, -0.25) is 0 Å². The zero-order valence-corrected chi connectivity index (χ0v) is 14.2. The largest absolute Gasteiger partial charge is 0.398 e. The van der Waals surface area contributed by atoms with Crippen molar-refractivity contribution in [3.05, 3.63) is 60.4 Å². The van der Waals surface area contributed by atoms with Crippen LogP contribution in [0.3, 0.4) is 0 Å². The molecule has 0 spiro atoms. The number of para-hydroxylation sites is 1. The maximum Gasteiger partial charge on any atom is 0.163 e. The van der Waals surface area contributed by atoms with E-state index in [-0.39, 0.29) is 0 Å². The molecule has 5 nitrogen and oxygen atoms in total. The fraction of sp³-hybridized carbons (Fsp3) is 0.100. The minimum atomic E-state index is 0.545. The second-order valence-corrected chi connectivity index (χ2v) is 6.21. The van der Waals surface area contributed by atoms with E-state index in [1.807, 2.05) is 50.5 Å². The molecule has 0 amide bonds. The Hall–Kier alpha value is -3.34. The van der Waals surface area contributed by atoms with Crippen LogP contribution in [0.5, 0.6) is 0 Å². The summed E-state index contributed by atoms with van der Waals surface area (Å²) >= 11 is 0. The number of nitrogens with zero attached hydrogens (tertiary/aromatic N) is 3. The summed E-state index contributed by atoms with van der Waals surface area (Å²) in [5.74, 6) is 0.545. The molecule has 0 saturated heterocycles. The van der Waals surface area contributed by atoms with Gasteiger partial charge in [-0.2, -0.15) is 0 Å². The molecule has 0 unspecified atom stereocenters. The van der Waals surface area contributed by atoms with E-state index in [9.17, 15) is 0 Å². The van der Waals surface area contributed by atoms with Crippen molar-refractivity contribution in [1.82, 2.24) is 14.5 Å². The summed E-state index contributed by atoms with van der Waals surface area (Å²) in [7, 11) is 2.04. The highest BCUT2D eigenvalue weighted by Crippen LogP contribution is 2.34. The molecule has 5 heteroatoms. The molecule has 0 aliphatic carbocycles. The summed E-state index contributed by atoms with van der Waals surface area (Å²) in [6.45, 7) is 2.01. The molecular weight excluding hydrogens is 310 g/mol. The lowest BCUT2D eigenvalue weighted by molar-refractivity contribution is 0.969. The van der Waals surface area contributed by atoms with Crippen molar-refractivity contribution in [1.29, 1.82) is 0 Å². The summed E-state index contributed by atoms with van der Waals surface area (Å²) in [5.41, 5.74) is 18.2. The molecule has 25 heavy (non-hydrogen) atoms. The molecule has 0 bridgehead atoms. The highest BCUT2D eigenvalue weighted by molar-refractivity contribution is 5.96. The van der Waals surface area contributed by atoms with Gasteiger partial charge in [-0.15, -0.1) is 0 Å². The maximum absolute atomic E-state index is 6.11. The Balaban J connectivity index is 1.97. The minimum Gasteiger partial charge on any atom is -0.398 e. The molecule has 124 valence electrons. The zero-order valence-electron chi connectivity index (χ0n) is 14.2. The van der Waals surface area contributed by atoms with Gasteiger partial charge in [-0.05, 0) is 30.7 Å². The van der Waals surface area contributed by atoms with E-state index < -0.39 is 0 Å². The lowest BCUT2D eigenvalue weighted by Gasteiger charge is -2.10. The van der Waals surface area contributed by atoms with Crippen LogP contribution < -0.4 is 11.5 Å². The van der Waals surface area contributed by atoms with Crippen molar-refractivity contribution in [3.63, 3.8) is 0 Å². The van der Waals surface area contributed by atoms with Crippen LogP contribution in [-0.4, -0.2) is 14.5 Å². The van der Waals surface area contributed by atoms with Crippen LogP contribution in [0.1, 0.15) is 5.56 Å². The third-order valence-corrected chi connectivity index (χ3v) is 4.48. The van der Waals surface area contributed by atoms with Gasteiger partial charge in [-0.25, -0.2) is 9.97 Å². The number of nitrogens with two attached hydrogens (primary N) is 2. The normalized spacial score (nSPS) is 11.1. The first-order valence-corrected chi connectivity index (χ1v) is 8.08. The number of hydrogen-bond donors (Lipinski definition) is 2. The predicted octanol–water partition coefficient (Wildman–Crippen LogP) is 3.78. The number of rotatable bonds is 2. The molecule has 0 radical (unpaired) electrons. The third-order valence-electron chi connectivity index (χ3n) is 4.48. The van der Waals surface area contributed by atoms with E-state index in [0.717, 1.165) is 27.7 Å². The Bertz CT molecular complexity index is 1070. The van der Waals surface area contributed by atoms with Crippen LogP contribution >= 0.6 is 0 Å². The van der Waals surface area contributed by atoms with Crippen molar-refractivity contribution in [2.45, 2.75) is 6.92 Å². The minimum absolute atomic E-state index is 0.545. The fourth-order valence-corrected chi connectivity index (χ4v) is 3.21. The van der Waals surface area contributed by atoms with Crippen LogP contribution in [-0.2, 0) is 7.05 Å². The Morgan fingerprint density at radius 3 is 2.44 bits per heavy atom. The maximum atomic E-state index is 6.11. The Morgan fingerprint density at radius 2 is 1.68 bits per heavy atom. The van der Waals surface area contributed by atoms with Crippen molar-refractivity contribution in [3.8, 4) is 22.6 Å². The average Bonchev–Trinajstić information content (AvgIpc) is 2.93. The van der Waals surface area contributed by atoms with Crippen LogP contribution in [0.4, 0.5) is 11.4 Å². The van der Waals surface area contributed by atoms with E-state index >= 15 is 0 Å². The van der Waals surface area contributed by atoms with Crippen LogP contribution in [0.2, 0.25) is 0 Å². The summed E-state index contributed by atoms with van der Waals surface area (Å²) in [4.78, 5) is 9.28.